The van der Waals surface area contributed by atoms with Crippen molar-refractivity contribution in [3.63, 3.8) is 0 Å². The van der Waals surface area contributed by atoms with E-state index >= 15 is 0 Å². The Morgan fingerprint density at radius 2 is 1.36 bits per heavy atom. The van der Waals surface area contributed by atoms with Gasteiger partial charge in [-0.25, -0.2) is 9.97 Å². The fourth-order valence-electron chi connectivity index (χ4n) is 4.90. The molecule has 4 aromatic heterocycles. The predicted molar refractivity (Wildman–Crippen MR) is 175 cm³/mol. The molecule has 1 aliphatic rings. The Hall–Kier alpha value is -4.72. The monoisotopic (exact) mass is 708 g/mol. The van der Waals surface area contributed by atoms with Crippen LogP contribution < -0.4 is 32.0 Å². The largest absolute Gasteiger partial charge is 0.534 e. The lowest BCUT2D eigenvalue weighted by atomic mass is 10.1. The molecule has 0 saturated carbocycles. The van der Waals surface area contributed by atoms with Gasteiger partial charge in [-0.1, -0.05) is 30.3 Å². The Bertz CT molecular complexity index is 2060. The quantitative estimate of drug-likeness (QED) is 0.142. The molecule has 0 unspecified atom stereocenters. The molecule has 47 heavy (non-hydrogen) atoms. The van der Waals surface area contributed by atoms with E-state index in [-0.39, 0.29) is 20.8 Å². The molecule has 2 amide bonds. The number of primary amides is 2. The highest BCUT2D eigenvalue weighted by atomic mass is 32.2. The molecule has 0 bridgehead atoms. The third-order valence-corrected chi connectivity index (χ3v) is 10.3. The fraction of sp³-hybridized carbons (Fsp3) is 0.214. The van der Waals surface area contributed by atoms with Crippen LogP contribution in [0.2, 0.25) is 0 Å². The van der Waals surface area contributed by atoms with Crippen molar-refractivity contribution in [2.75, 3.05) is 42.5 Å². The van der Waals surface area contributed by atoms with Gasteiger partial charge >= 0.3 is 15.6 Å². The van der Waals surface area contributed by atoms with E-state index in [1.807, 2.05) is 12.1 Å². The van der Waals surface area contributed by atoms with Gasteiger partial charge in [-0.15, -0.1) is 22.7 Å². The van der Waals surface area contributed by atoms with Gasteiger partial charge in [-0.3, -0.25) is 14.5 Å². The van der Waals surface area contributed by atoms with E-state index in [9.17, 15) is 31.2 Å². The van der Waals surface area contributed by atoms with E-state index in [0.717, 1.165) is 60.9 Å². The van der Waals surface area contributed by atoms with Crippen LogP contribution in [-0.4, -0.2) is 66.8 Å². The Labute approximate surface area is 273 Å². The topological polar surface area (TPSA) is 214 Å². The standard InChI is InChI=1S/C19H21N5OS.C9H6F3N3O4S2/c20-16-15-14(6-7-22-19(15)26-17(16)18(21)25)24-10-8-23(9-11-24)12-13-4-2-1-3-5-13;10-9(11,12)21(17,18)19-3-1-2-15-8-4(3)5(13)6(20-8)7(14)16/h1-7H,8-12,20H2,(H2,21,25);1-2H,13H2,(H2,14,16). The molecule has 1 aromatic carbocycles. The molecule has 8 N–H and O–H groups in total. The van der Waals surface area contributed by atoms with Gasteiger partial charge in [0.1, 0.15) is 19.4 Å². The van der Waals surface area contributed by atoms with Crippen LogP contribution in [0.1, 0.15) is 24.9 Å². The van der Waals surface area contributed by atoms with Crippen LogP contribution in [0.4, 0.5) is 30.2 Å². The number of piperazine rings is 1. The van der Waals surface area contributed by atoms with Gasteiger partial charge in [0.05, 0.1) is 27.8 Å². The molecule has 5 aromatic rings. The number of fused-ring (bicyclic) bond motifs is 2. The average Bonchev–Trinajstić information content (AvgIpc) is 3.55. The molecule has 0 aliphatic carbocycles. The van der Waals surface area contributed by atoms with Crippen molar-refractivity contribution in [1.82, 2.24) is 14.9 Å². The third kappa shape index (κ3) is 7.02. The van der Waals surface area contributed by atoms with E-state index in [1.165, 1.54) is 16.9 Å². The summed E-state index contributed by atoms with van der Waals surface area (Å²) in [5, 5.41) is 0.631. The van der Waals surface area contributed by atoms with Crippen molar-refractivity contribution in [2.45, 2.75) is 12.1 Å². The molecule has 13 nitrogen and oxygen atoms in total. The van der Waals surface area contributed by atoms with Crippen molar-refractivity contribution < 1.29 is 35.4 Å². The number of carbonyl (C=O) groups is 2. The van der Waals surface area contributed by atoms with E-state index < -0.39 is 33.2 Å². The van der Waals surface area contributed by atoms with Crippen molar-refractivity contribution in [3.05, 3.63) is 70.2 Å². The number of rotatable bonds is 7. The molecule has 0 atom stereocenters. The van der Waals surface area contributed by atoms with Crippen molar-refractivity contribution in [3.8, 4) is 5.75 Å². The van der Waals surface area contributed by atoms with Crippen LogP contribution >= 0.6 is 22.7 Å². The van der Waals surface area contributed by atoms with Gasteiger partial charge in [-0.2, -0.15) is 21.6 Å². The first-order valence-corrected chi connectivity index (χ1v) is 16.7. The number of pyridine rings is 2. The van der Waals surface area contributed by atoms with Crippen LogP contribution in [-0.2, 0) is 16.7 Å². The Morgan fingerprint density at radius 3 is 1.91 bits per heavy atom. The minimum atomic E-state index is -5.86. The first-order valence-electron chi connectivity index (χ1n) is 13.6. The maximum absolute atomic E-state index is 12.3. The fourth-order valence-corrected chi connectivity index (χ4v) is 7.24. The number of nitrogens with two attached hydrogens (primary N) is 4. The zero-order chi connectivity index (χ0) is 34.1. The van der Waals surface area contributed by atoms with E-state index in [1.54, 1.807) is 6.20 Å². The van der Waals surface area contributed by atoms with E-state index in [0.29, 0.717) is 21.9 Å². The summed E-state index contributed by atoms with van der Waals surface area (Å²) in [5.74, 6) is -2.09. The lowest BCUT2D eigenvalue weighted by Gasteiger charge is -2.36. The summed E-state index contributed by atoms with van der Waals surface area (Å²) in [6.07, 6.45) is 2.79. The van der Waals surface area contributed by atoms with Crippen LogP contribution in [0.5, 0.6) is 5.75 Å². The number of hydrogen-bond donors (Lipinski definition) is 4. The maximum Gasteiger partial charge on any atom is 0.534 e. The SMILES string of the molecule is NC(=O)c1sc2nccc(N3CCN(Cc4ccccc4)CC3)c2c1N.NC(=O)c1sc2nccc(OS(=O)(=O)C(F)(F)F)c2c1N. The number of nitrogen functional groups attached to an aromatic ring is 2. The lowest BCUT2D eigenvalue weighted by Crippen LogP contribution is -2.46. The molecule has 1 fully saturated rings. The number of halogens is 3. The molecule has 5 heterocycles. The second kappa shape index (κ2) is 13.2. The number of alkyl halides is 3. The summed E-state index contributed by atoms with van der Waals surface area (Å²) in [6.45, 7) is 4.74. The molecular weight excluding hydrogens is 682 g/mol. The zero-order valence-electron chi connectivity index (χ0n) is 24.2. The van der Waals surface area contributed by atoms with E-state index in [4.69, 9.17) is 22.9 Å². The Balaban J connectivity index is 0.000000189. The number of amides is 2. The number of carbonyl (C=O) groups excluding carboxylic acids is 2. The molecule has 0 radical (unpaired) electrons. The van der Waals surface area contributed by atoms with Gasteiger partial charge in [0.25, 0.3) is 11.8 Å². The molecular formula is C28H27F3N8O5S3. The normalized spacial score (nSPS) is 14.1. The van der Waals surface area contributed by atoms with Crippen LogP contribution in [0, 0.1) is 0 Å². The number of hydrogen-bond acceptors (Lipinski definition) is 13. The van der Waals surface area contributed by atoms with E-state index in [2.05, 4.69) is 48.2 Å². The second-order valence-corrected chi connectivity index (χ2v) is 13.7. The van der Waals surface area contributed by atoms with Crippen LogP contribution in [0.25, 0.3) is 20.4 Å². The molecule has 0 spiro atoms. The lowest BCUT2D eigenvalue weighted by molar-refractivity contribution is -0.0499. The van der Waals surface area contributed by atoms with Crippen LogP contribution in [0.3, 0.4) is 0 Å². The summed E-state index contributed by atoms with van der Waals surface area (Å²) < 4.78 is 63.0. The van der Waals surface area contributed by atoms with Gasteiger partial charge in [0.15, 0.2) is 5.75 Å². The third-order valence-electron chi connectivity index (χ3n) is 7.09. The van der Waals surface area contributed by atoms with Crippen molar-refractivity contribution in [1.29, 1.82) is 0 Å². The first-order chi connectivity index (χ1) is 22.2. The highest BCUT2D eigenvalue weighted by molar-refractivity contribution is 7.88. The molecule has 19 heteroatoms. The maximum atomic E-state index is 12.3. The van der Waals surface area contributed by atoms with Gasteiger partial charge < -0.3 is 32.0 Å². The number of benzene rings is 1. The zero-order valence-corrected chi connectivity index (χ0v) is 26.7. The minimum Gasteiger partial charge on any atom is -0.397 e. The first kappa shape index (κ1) is 33.6. The summed E-state index contributed by atoms with van der Waals surface area (Å²) in [7, 11) is -5.86. The summed E-state index contributed by atoms with van der Waals surface area (Å²) >= 11 is 1.98. The van der Waals surface area contributed by atoms with Crippen molar-refractivity contribution in [2.24, 2.45) is 11.5 Å². The van der Waals surface area contributed by atoms with Gasteiger partial charge in [0.2, 0.25) is 0 Å². The number of nitrogens with zero attached hydrogens (tertiary/aromatic N) is 4. The number of thiophene rings is 2. The summed E-state index contributed by atoms with van der Waals surface area (Å²) in [6, 6.07) is 13.4. The highest BCUT2D eigenvalue weighted by Gasteiger charge is 2.49. The van der Waals surface area contributed by atoms with Crippen LogP contribution in [0.15, 0.2) is 54.9 Å². The summed E-state index contributed by atoms with van der Waals surface area (Å²) in [5.41, 5.74) is 19.2. The predicted octanol–water partition coefficient (Wildman–Crippen LogP) is 3.51. The smallest absolute Gasteiger partial charge is 0.397 e. The molecule has 1 aliphatic heterocycles. The Kier molecular flexibility index (Phi) is 9.43. The second-order valence-electron chi connectivity index (χ2n) is 10.1. The number of anilines is 3. The Morgan fingerprint density at radius 1 is 0.830 bits per heavy atom. The minimum absolute atomic E-state index is 0.0242. The molecule has 248 valence electrons. The van der Waals surface area contributed by atoms with Crippen molar-refractivity contribution >= 4 is 82.1 Å². The molecule has 1 saturated heterocycles. The van der Waals surface area contributed by atoms with Gasteiger partial charge in [-0.05, 0) is 11.6 Å². The van der Waals surface area contributed by atoms with Gasteiger partial charge in [0, 0.05) is 51.2 Å². The number of aromatic nitrogens is 2. The summed E-state index contributed by atoms with van der Waals surface area (Å²) in [4.78, 5) is 36.7. The average molecular weight is 709 g/mol. The highest BCUT2D eigenvalue weighted by Crippen LogP contribution is 2.40. The molecule has 6 rings (SSSR count).